The summed E-state index contributed by atoms with van der Waals surface area (Å²) in [6, 6.07) is 7.85. The smallest absolute Gasteiger partial charge is 0.219 e. The van der Waals surface area contributed by atoms with Crippen LogP contribution in [0.1, 0.15) is 31.3 Å². The number of nitrogens with zero attached hydrogens (tertiary/aromatic N) is 2. The third-order valence-electron chi connectivity index (χ3n) is 2.82. The first-order chi connectivity index (χ1) is 8.61. The van der Waals surface area contributed by atoms with Gasteiger partial charge >= 0.3 is 0 Å². The first kappa shape index (κ1) is 12.6. The number of hydrogen-bond donors (Lipinski definition) is 1. The molecule has 0 aliphatic rings. The molecule has 4 heteroatoms. The van der Waals surface area contributed by atoms with Gasteiger partial charge in [-0.15, -0.1) is 0 Å². The van der Waals surface area contributed by atoms with Crippen LogP contribution in [0.15, 0.2) is 30.5 Å². The Morgan fingerprint density at radius 1 is 1.33 bits per heavy atom. The predicted octanol–water partition coefficient (Wildman–Crippen LogP) is 3.02. The average molecular weight is 245 g/mol. The maximum Gasteiger partial charge on any atom is 0.219 e. The Labute approximate surface area is 107 Å². The number of imidazole rings is 1. The van der Waals surface area contributed by atoms with Gasteiger partial charge in [0.2, 0.25) is 5.88 Å². The molecule has 1 aromatic carbocycles. The van der Waals surface area contributed by atoms with Crippen LogP contribution in [0.25, 0.3) is 0 Å². The highest BCUT2D eigenvalue weighted by molar-refractivity contribution is 5.30. The fourth-order valence-corrected chi connectivity index (χ4v) is 1.86. The second-order valence-electron chi connectivity index (χ2n) is 4.40. The monoisotopic (exact) mass is 245 g/mol. The molecule has 2 aromatic rings. The lowest BCUT2D eigenvalue weighted by Crippen LogP contribution is -2.13. The van der Waals surface area contributed by atoms with Gasteiger partial charge in [-0.25, -0.2) is 4.98 Å². The molecular weight excluding hydrogens is 226 g/mol. The molecule has 2 N–H and O–H groups in total. The van der Waals surface area contributed by atoms with Crippen molar-refractivity contribution < 1.29 is 4.74 Å². The Bertz CT molecular complexity index is 514. The SMILES string of the molecule is CCn1c(Oc2ccc(C)cc2)cnc1C(C)N. The van der Waals surface area contributed by atoms with Crippen LogP contribution >= 0.6 is 0 Å². The molecule has 1 aromatic heterocycles. The minimum atomic E-state index is -0.0969. The Morgan fingerprint density at radius 3 is 2.56 bits per heavy atom. The Morgan fingerprint density at radius 2 is 2.00 bits per heavy atom. The van der Waals surface area contributed by atoms with Gasteiger partial charge in [0.15, 0.2) is 0 Å². The quantitative estimate of drug-likeness (QED) is 0.900. The number of aryl methyl sites for hydroxylation is 1. The number of hydrogen-bond acceptors (Lipinski definition) is 3. The molecule has 4 nitrogen and oxygen atoms in total. The lowest BCUT2D eigenvalue weighted by molar-refractivity contribution is 0.425. The van der Waals surface area contributed by atoms with Crippen LogP contribution in [0.4, 0.5) is 0 Å². The van der Waals surface area contributed by atoms with Gasteiger partial charge in [-0.05, 0) is 32.9 Å². The zero-order valence-corrected chi connectivity index (χ0v) is 11.1. The zero-order chi connectivity index (χ0) is 13.1. The average Bonchev–Trinajstić information content (AvgIpc) is 2.75. The topological polar surface area (TPSA) is 53.1 Å². The molecule has 1 heterocycles. The van der Waals surface area contributed by atoms with Gasteiger partial charge in [0.05, 0.1) is 12.2 Å². The van der Waals surface area contributed by atoms with E-state index in [4.69, 9.17) is 10.5 Å². The number of ether oxygens (including phenoxy) is 1. The highest BCUT2D eigenvalue weighted by Gasteiger charge is 2.13. The van der Waals surface area contributed by atoms with Crippen LogP contribution in [-0.2, 0) is 6.54 Å². The fraction of sp³-hybridized carbons (Fsp3) is 0.357. The van der Waals surface area contributed by atoms with Crippen LogP contribution in [0, 0.1) is 6.92 Å². The first-order valence-electron chi connectivity index (χ1n) is 6.17. The Balaban J connectivity index is 2.26. The minimum Gasteiger partial charge on any atom is -0.439 e. The van der Waals surface area contributed by atoms with Gasteiger partial charge in [0.1, 0.15) is 11.6 Å². The molecule has 0 saturated heterocycles. The third kappa shape index (κ3) is 2.54. The summed E-state index contributed by atoms with van der Waals surface area (Å²) in [5, 5.41) is 0. The molecule has 0 amide bonds. The molecule has 0 radical (unpaired) electrons. The van der Waals surface area contributed by atoms with Crippen molar-refractivity contribution in [2.45, 2.75) is 33.4 Å². The second-order valence-corrected chi connectivity index (χ2v) is 4.40. The number of nitrogens with two attached hydrogens (primary N) is 1. The van der Waals surface area contributed by atoms with Crippen molar-refractivity contribution in [1.82, 2.24) is 9.55 Å². The van der Waals surface area contributed by atoms with Crippen LogP contribution < -0.4 is 10.5 Å². The summed E-state index contributed by atoms with van der Waals surface area (Å²) < 4.78 is 7.82. The largest absolute Gasteiger partial charge is 0.439 e. The van der Waals surface area contributed by atoms with Gasteiger partial charge in [-0.3, -0.25) is 4.57 Å². The summed E-state index contributed by atoms with van der Waals surface area (Å²) in [5.41, 5.74) is 7.09. The summed E-state index contributed by atoms with van der Waals surface area (Å²) in [6.07, 6.45) is 1.72. The van der Waals surface area contributed by atoms with Gasteiger partial charge in [0.25, 0.3) is 0 Å². The summed E-state index contributed by atoms with van der Waals surface area (Å²) in [4.78, 5) is 4.31. The maximum atomic E-state index is 5.88. The second kappa shape index (κ2) is 5.23. The van der Waals surface area contributed by atoms with E-state index in [-0.39, 0.29) is 6.04 Å². The number of rotatable bonds is 4. The van der Waals surface area contributed by atoms with Crippen molar-refractivity contribution in [3.63, 3.8) is 0 Å². The molecule has 1 atom stereocenters. The first-order valence-corrected chi connectivity index (χ1v) is 6.17. The molecule has 0 saturated carbocycles. The van der Waals surface area contributed by atoms with Crippen LogP contribution in [0.3, 0.4) is 0 Å². The van der Waals surface area contributed by atoms with Gasteiger partial charge in [-0.2, -0.15) is 0 Å². The Kier molecular flexibility index (Phi) is 3.67. The molecule has 1 unspecified atom stereocenters. The summed E-state index contributed by atoms with van der Waals surface area (Å²) in [6.45, 7) is 6.81. The molecule has 0 aliphatic carbocycles. The van der Waals surface area contributed by atoms with Crippen molar-refractivity contribution in [3.05, 3.63) is 41.9 Å². The van der Waals surface area contributed by atoms with E-state index in [9.17, 15) is 0 Å². The van der Waals surface area contributed by atoms with Crippen LogP contribution in [0.5, 0.6) is 11.6 Å². The van der Waals surface area contributed by atoms with Crippen molar-refractivity contribution in [1.29, 1.82) is 0 Å². The molecule has 0 aliphatic heterocycles. The van der Waals surface area contributed by atoms with Crippen molar-refractivity contribution in [2.75, 3.05) is 0 Å². The van der Waals surface area contributed by atoms with E-state index < -0.39 is 0 Å². The third-order valence-corrected chi connectivity index (χ3v) is 2.82. The number of aromatic nitrogens is 2. The van der Waals surface area contributed by atoms with Gasteiger partial charge in [-0.1, -0.05) is 17.7 Å². The number of benzene rings is 1. The fourth-order valence-electron chi connectivity index (χ4n) is 1.86. The van der Waals surface area contributed by atoms with Crippen molar-refractivity contribution in [2.24, 2.45) is 5.73 Å². The van der Waals surface area contributed by atoms with Crippen molar-refractivity contribution >= 4 is 0 Å². The molecule has 18 heavy (non-hydrogen) atoms. The molecule has 0 fully saturated rings. The summed E-state index contributed by atoms with van der Waals surface area (Å²) in [5.74, 6) is 2.39. The lowest BCUT2D eigenvalue weighted by atomic mass is 10.2. The molecule has 96 valence electrons. The van der Waals surface area contributed by atoms with E-state index in [1.165, 1.54) is 5.56 Å². The molecular formula is C14H19N3O. The normalized spacial score (nSPS) is 12.4. The highest BCUT2D eigenvalue weighted by atomic mass is 16.5. The minimum absolute atomic E-state index is 0.0969. The van der Waals surface area contributed by atoms with Crippen molar-refractivity contribution in [3.8, 4) is 11.6 Å². The van der Waals surface area contributed by atoms with E-state index in [2.05, 4.69) is 11.9 Å². The zero-order valence-electron chi connectivity index (χ0n) is 11.1. The van der Waals surface area contributed by atoms with Crippen LogP contribution in [-0.4, -0.2) is 9.55 Å². The van der Waals surface area contributed by atoms with E-state index in [1.807, 2.05) is 42.7 Å². The van der Waals surface area contributed by atoms with Crippen LogP contribution in [0.2, 0.25) is 0 Å². The van der Waals surface area contributed by atoms with Gasteiger partial charge in [0, 0.05) is 6.54 Å². The predicted molar refractivity (Wildman–Crippen MR) is 71.8 cm³/mol. The Hall–Kier alpha value is -1.81. The van der Waals surface area contributed by atoms with E-state index in [1.54, 1.807) is 6.20 Å². The standard InChI is InChI=1S/C14H19N3O/c1-4-17-13(9-16-14(17)11(3)15)18-12-7-5-10(2)6-8-12/h5-9,11H,4,15H2,1-3H3. The van der Waals surface area contributed by atoms with E-state index in [0.29, 0.717) is 0 Å². The van der Waals surface area contributed by atoms with Gasteiger partial charge < -0.3 is 10.5 Å². The molecule has 0 spiro atoms. The summed E-state index contributed by atoms with van der Waals surface area (Å²) >= 11 is 0. The highest BCUT2D eigenvalue weighted by Crippen LogP contribution is 2.24. The molecule has 0 bridgehead atoms. The maximum absolute atomic E-state index is 5.88. The van der Waals surface area contributed by atoms with E-state index in [0.717, 1.165) is 24.0 Å². The lowest BCUT2D eigenvalue weighted by Gasteiger charge is -2.12. The van der Waals surface area contributed by atoms with E-state index >= 15 is 0 Å². The molecule has 2 rings (SSSR count). The summed E-state index contributed by atoms with van der Waals surface area (Å²) in [7, 11) is 0.